The lowest BCUT2D eigenvalue weighted by Crippen LogP contribution is -2.42. The summed E-state index contributed by atoms with van der Waals surface area (Å²) in [6.07, 6.45) is -3.22. The summed E-state index contributed by atoms with van der Waals surface area (Å²) in [6.45, 7) is 7.83. The Balaban J connectivity index is 1.60. The van der Waals surface area contributed by atoms with E-state index in [1.165, 1.54) is 45.6 Å². The molecule has 6 rings (SSSR count). The van der Waals surface area contributed by atoms with Crippen LogP contribution in [0.25, 0.3) is 11.1 Å². The molecule has 5 aromatic rings. The van der Waals surface area contributed by atoms with Gasteiger partial charge in [-0.2, -0.15) is 4.31 Å². The van der Waals surface area contributed by atoms with Gasteiger partial charge in [0, 0.05) is 26.2 Å². The molecule has 8 N–H and O–H groups in total. The van der Waals surface area contributed by atoms with Gasteiger partial charge in [-0.05, 0) is 124 Å². The minimum Gasteiger partial charge on any atom is -0.497 e. The van der Waals surface area contributed by atoms with Gasteiger partial charge in [0.25, 0.3) is 0 Å². The number of aliphatic imine (C=N–C) groups is 1. The number of hydrogen-bond donors (Lipinski definition) is 7. The smallest absolute Gasteiger partial charge is 0.408 e. The quantitative estimate of drug-likeness (QED) is 0.0408. The molecule has 77 heavy (non-hydrogen) atoms. The molecular formula is C52H64N10O13S2. The fourth-order valence-electron chi connectivity index (χ4n) is 7.48. The predicted octanol–water partition coefficient (Wildman–Crippen LogP) is 6.53. The van der Waals surface area contributed by atoms with Gasteiger partial charge in [-0.25, -0.2) is 36.1 Å². The number of rotatable bonds is 20. The lowest BCUT2D eigenvalue weighted by molar-refractivity contribution is -0.115. The van der Waals surface area contributed by atoms with Crippen molar-refractivity contribution in [1.82, 2.24) is 25.1 Å². The summed E-state index contributed by atoms with van der Waals surface area (Å²) < 4.78 is 92.9. The van der Waals surface area contributed by atoms with Crippen LogP contribution >= 0.6 is 0 Å². The number of aliphatic hydroxyl groups is 1. The van der Waals surface area contributed by atoms with Gasteiger partial charge in [-0.1, -0.05) is 47.7 Å². The number of carbonyl (C=O) groups is 3. The van der Waals surface area contributed by atoms with Crippen molar-refractivity contribution in [2.24, 2.45) is 15.3 Å². The first-order valence-corrected chi connectivity index (χ1v) is 26.8. The van der Waals surface area contributed by atoms with Crippen molar-refractivity contribution >= 4 is 61.0 Å². The summed E-state index contributed by atoms with van der Waals surface area (Å²) >= 11 is 0. The van der Waals surface area contributed by atoms with Crippen molar-refractivity contribution < 1.29 is 60.0 Å². The molecule has 1 aliphatic heterocycles. The second kappa shape index (κ2) is 24.9. The number of nitrogens with two attached hydrogens (primary N) is 1. The second-order valence-electron chi connectivity index (χ2n) is 19.4. The molecule has 2 bridgehead atoms. The van der Waals surface area contributed by atoms with Crippen LogP contribution in [0.3, 0.4) is 0 Å². The molecule has 0 aliphatic carbocycles. The number of ether oxygens (including phenoxy) is 5. The Hall–Kier alpha value is -7.84. The molecular weight excluding hydrogens is 1040 g/mol. The number of nitrogens with one attached hydrogen (secondary N) is 5. The van der Waals surface area contributed by atoms with Crippen LogP contribution in [0.5, 0.6) is 17.2 Å². The third-order valence-electron chi connectivity index (χ3n) is 11.1. The van der Waals surface area contributed by atoms with Crippen LogP contribution in [-0.4, -0.2) is 108 Å². The maximum Gasteiger partial charge on any atom is 0.408 e. The van der Waals surface area contributed by atoms with Crippen LogP contribution < -0.4 is 46.0 Å². The van der Waals surface area contributed by atoms with Gasteiger partial charge in [-0.3, -0.25) is 10.2 Å². The summed E-state index contributed by atoms with van der Waals surface area (Å²) in [6, 6.07) is 25.1. The van der Waals surface area contributed by atoms with Crippen molar-refractivity contribution in [2.45, 2.75) is 88.3 Å². The number of methoxy groups -OCH3 is 3. The first kappa shape index (κ1) is 58.4. The summed E-state index contributed by atoms with van der Waals surface area (Å²) in [5, 5.41) is 27.0. The molecule has 0 radical (unpaired) electrons. The highest BCUT2D eigenvalue weighted by molar-refractivity contribution is 7.92. The molecule has 23 nitrogen and oxygen atoms in total. The summed E-state index contributed by atoms with van der Waals surface area (Å²) in [5.74, 6) is 0.181. The molecule has 1 atom stereocenters. The van der Waals surface area contributed by atoms with E-state index >= 15 is 16.8 Å². The van der Waals surface area contributed by atoms with Gasteiger partial charge in [0.15, 0.2) is 5.84 Å². The minimum absolute atomic E-state index is 0.0227. The summed E-state index contributed by atoms with van der Waals surface area (Å²) in [5.41, 5.74) is 9.55. The van der Waals surface area contributed by atoms with Crippen LogP contribution in [0.1, 0.15) is 63.8 Å². The van der Waals surface area contributed by atoms with E-state index in [0.717, 1.165) is 10.4 Å². The Bertz CT molecular complexity index is 3180. The number of carbonyl (C=O) groups excluding carboxylic acids is 3. The highest BCUT2D eigenvalue weighted by atomic mass is 32.2. The van der Waals surface area contributed by atoms with E-state index in [9.17, 15) is 19.5 Å². The van der Waals surface area contributed by atoms with Crippen LogP contribution in [-0.2, 0) is 53.9 Å². The number of nitrogen functional groups attached to an aromatic ring is 1. The molecule has 1 aliphatic rings. The van der Waals surface area contributed by atoms with Crippen molar-refractivity contribution in [3.63, 3.8) is 0 Å². The van der Waals surface area contributed by atoms with Gasteiger partial charge in [0.05, 0.1) is 50.9 Å². The van der Waals surface area contributed by atoms with Gasteiger partial charge in [0.2, 0.25) is 26.0 Å². The number of alkyl carbamates (subject to hydrolysis) is 2. The number of benzene rings is 5. The Morgan fingerprint density at radius 2 is 1.35 bits per heavy atom. The van der Waals surface area contributed by atoms with Crippen LogP contribution in [0.4, 0.5) is 26.7 Å². The number of fused-ring (bicyclic) bond motifs is 2. The zero-order valence-corrected chi connectivity index (χ0v) is 45.7. The van der Waals surface area contributed by atoms with E-state index in [-0.39, 0.29) is 59.1 Å². The third-order valence-corrected chi connectivity index (χ3v) is 14.5. The molecule has 0 saturated heterocycles. The molecule has 1 heterocycles. The Morgan fingerprint density at radius 1 is 0.753 bits per heavy atom. The Kier molecular flexibility index (Phi) is 18.9. The number of aliphatic hydroxyl groups excluding tert-OH is 1. The highest BCUT2D eigenvalue weighted by Gasteiger charge is 2.38. The number of sulfonamides is 2. The summed E-state index contributed by atoms with van der Waals surface area (Å²) in [4.78, 5) is 41.1. The molecule has 25 heteroatoms. The van der Waals surface area contributed by atoms with E-state index in [0.29, 0.717) is 28.2 Å². The number of anilines is 2. The average Bonchev–Trinajstić information content (AvgIpc) is 3.45. The lowest BCUT2D eigenvalue weighted by Gasteiger charge is -2.27. The number of amidine groups is 1. The van der Waals surface area contributed by atoms with E-state index in [1.807, 2.05) is 0 Å². The van der Waals surface area contributed by atoms with Crippen molar-refractivity contribution in [3.8, 4) is 28.4 Å². The van der Waals surface area contributed by atoms with E-state index in [4.69, 9.17) is 34.4 Å². The molecule has 3 amide bonds. The van der Waals surface area contributed by atoms with Crippen molar-refractivity contribution in [2.75, 3.05) is 52.0 Å². The molecule has 0 aromatic heterocycles. The van der Waals surface area contributed by atoms with Crippen molar-refractivity contribution in [1.29, 1.82) is 0 Å². The SMILES string of the molecule is COc1ccc(CN(Cc2ccc(OC)cc2)S(=O)(=O)c2c(S(=O)(=O)NC[C@H](O)CNC(=O)OC(C)(C)C)ccc(-c3ccc(NC(=O)CNC(=O)OC(C)(C)C)c(N)c3)c2C2=N/c3cc(ccc3OC)CN/N=N\2)cc1. The zero-order valence-electron chi connectivity index (χ0n) is 44.1. The summed E-state index contributed by atoms with van der Waals surface area (Å²) in [7, 11) is -5.78. The monoisotopic (exact) mass is 1100 g/mol. The van der Waals surface area contributed by atoms with Gasteiger partial charge < -0.3 is 50.5 Å². The maximum absolute atomic E-state index is 16.3. The van der Waals surface area contributed by atoms with Gasteiger partial charge in [-0.15, -0.1) is 5.11 Å². The number of nitrogens with zero attached hydrogens (tertiary/aromatic N) is 4. The zero-order chi connectivity index (χ0) is 56.3. The second-order valence-corrected chi connectivity index (χ2v) is 23.0. The average molecular weight is 1100 g/mol. The first-order valence-electron chi connectivity index (χ1n) is 23.9. The fourth-order valence-corrected chi connectivity index (χ4v) is 11.0. The van der Waals surface area contributed by atoms with E-state index < -0.39 is 90.7 Å². The molecule has 0 unspecified atom stereocenters. The standard InChI is InChI=1S/C52H64N10O13S2/c1-51(2,3)74-49(65)54-27-36(63)28-57-76(67,68)44-23-20-39(35-15-21-41(40(53)25-35)58-45(64)29-55-50(66)75-52(4,5)6)46(48-59-42-24-34(26-56-61-60-48)14-22-43(42)73-9)47(44)77(69,70)62(30-32-10-16-37(71-7)17-11-32)31-33-12-18-38(72-8)19-13-33/h10-25,36,57,63H,26-31,53H2,1-9H3,(H,54,65)(H,55,66)(H,58,64)(H,56,59,60)/t36-/m1/s1. The fraction of sp³-hybridized carbons (Fsp3) is 0.346. The Labute approximate surface area is 447 Å². The van der Waals surface area contributed by atoms with Gasteiger partial charge >= 0.3 is 12.2 Å². The number of amides is 3. The van der Waals surface area contributed by atoms with Crippen LogP contribution in [0.2, 0.25) is 0 Å². The van der Waals surface area contributed by atoms with E-state index in [1.54, 1.807) is 108 Å². The molecule has 0 spiro atoms. The molecule has 0 saturated carbocycles. The largest absolute Gasteiger partial charge is 0.497 e. The third kappa shape index (κ3) is 16.1. The van der Waals surface area contributed by atoms with E-state index in [2.05, 4.69) is 36.4 Å². The highest BCUT2D eigenvalue weighted by Crippen LogP contribution is 2.41. The number of hydrogen-bond acceptors (Lipinski definition) is 18. The topological polar surface area (TPSA) is 312 Å². The first-order chi connectivity index (χ1) is 36.3. The minimum atomic E-state index is -5.16. The maximum atomic E-state index is 16.3. The normalized spacial score (nSPS) is 14.2. The lowest BCUT2D eigenvalue weighted by atomic mass is 9.97. The van der Waals surface area contributed by atoms with Gasteiger partial charge in [0.1, 0.15) is 50.5 Å². The molecule has 412 valence electrons. The van der Waals surface area contributed by atoms with Crippen LogP contribution in [0.15, 0.2) is 122 Å². The van der Waals surface area contributed by atoms with Crippen molar-refractivity contribution in [3.05, 3.63) is 119 Å². The Morgan fingerprint density at radius 3 is 1.91 bits per heavy atom. The predicted molar refractivity (Wildman–Crippen MR) is 288 cm³/mol. The molecule has 5 aromatic carbocycles. The molecule has 0 fully saturated rings. The van der Waals surface area contributed by atoms with Crippen LogP contribution in [0, 0.1) is 0 Å².